The Hall–Kier alpha value is -2.83. The minimum atomic E-state index is -4.37. The predicted octanol–water partition coefficient (Wildman–Crippen LogP) is 3.55. The van der Waals surface area contributed by atoms with E-state index in [1.54, 1.807) is 18.2 Å². The zero-order valence-corrected chi connectivity index (χ0v) is 13.0. The van der Waals surface area contributed by atoms with E-state index in [1.165, 1.54) is 18.2 Å². The number of halogens is 3. The Balaban J connectivity index is 1.64. The average molecular weight is 348 g/mol. The number of carbonyl (C=O) groups excluding carboxylic acids is 2. The molecule has 3 rings (SSSR count). The van der Waals surface area contributed by atoms with Crippen molar-refractivity contribution in [2.75, 3.05) is 5.32 Å². The summed E-state index contributed by atoms with van der Waals surface area (Å²) in [5.41, 5.74) is 5.94. The van der Waals surface area contributed by atoms with Crippen molar-refractivity contribution in [1.82, 2.24) is 0 Å². The van der Waals surface area contributed by atoms with Crippen LogP contribution in [0.5, 0.6) is 0 Å². The summed E-state index contributed by atoms with van der Waals surface area (Å²) in [6, 6.07) is 11.1. The first-order valence-corrected chi connectivity index (χ1v) is 7.63. The molecule has 2 amide bonds. The van der Waals surface area contributed by atoms with Gasteiger partial charge < -0.3 is 11.1 Å². The molecule has 0 aliphatic heterocycles. The quantitative estimate of drug-likeness (QED) is 0.887. The van der Waals surface area contributed by atoms with Crippen molar-refractivity contribution in [3.8, 4) is 0 Å². The zero-order valence-electron chi connectivity index (χ0n) is 13.0. The number of anilines is 1. The Labute approximate surface area is 141 Å². The number of carbonyl (C=O) groups is 2. The highest BCUT2D eigenvalue weighted by atomic mass is 19.4. The molecule has 1 aliphatic rings. The summed E-state index contributed by atoms with van der Waals surface area (Å²) >= 11 is 0. The number of benzene rings is 2. The molecule has 2 aromatic rings. The second kappa shape index (κ2) is 6.23. The summed E-state index contributed by atoms with van der Waals surface area (Å²) in [7, 11) is 0. The van der Waals surface area contributed by atoms with Crippen LogP contribution in [0.1, 0.15) is 33.8 Å². The van der Waals surface area contributed by atoms with Gasteiger partial charge in [0.1, 0.15) is 0 Å². The third-order valence-electron chi connectivity index (χ3n) is 4.21. The smallest absolute Gasteiger partial charge is 0.366 e. The average Bonchev–Trinajstić information content (AvgIpc) is 3.35. The van der Waals surface area contributed by atoms with Gasteiger partial charge in [0.05, 0.1) is 5.56 Å². The van der Waals surface area contributed by atoms with E-state index in [2.05, 4.69) is 5.32 Å². The van der Waals surface area contributed by atoms with E-state index in [0.29, 0.717) is 17.7 Å². The molecule has 2 unspecified atom stereocenters. The number of rotatable bonds is 4. The molecule has 0 saturated heterocycles. The van der Waals surface area contributed by atoms with Crippen LogP contribution < -0.4 is 11.1 Å². The summed E-state index contributed by atoms with van der Waals surface area (Å²) in [5, 5.41) is 2.71. The molecule has 0 spiro atoms. The molecular formula is C18H15F3N2O2. The lowest BCUT2D eigenvalue weighted by atomic mass is 10.1. The Kier molecular flexibility index (Phi) is 4.24. The summed E-state index contributed by atoms with van der Waals surface area (Å²) in [6.07, 6.45) is -3.79. The molecule has 3 N–H and O–H groups in total. The van der Waals surface area contributed by atoms with Crippen LogP contribution in [0.15, 0.2) is 48.5 Å². The number of nitrogens with one attached hydrogen (secondary N) is 1. The van der Waals surface area contributed by atoms with Crippen molar-refractivity contribution in [3.63, 3.8) is 0 Å². The summed E-state index contributed by atoms with van der Waals surface area (Å²) in [6.45, 7) is 0. The number of primary amides is 1. The third-order valence-corrected chi connectivity index (χ3v) is 4.21. The second-order valence-corrected chi connectivity index (χ2v) is 6.00. The van der Waals surface area contributed by atoms with E-state index >= 15 is 0 Å². The SMILES string of the molecule is NC(=O)c1cccc(NC(=O)C2CC2c2ccc(C(F)(F)F)cc2)c1. The van der Waals surface area contributed by atoms with Crippen molar-refractivity contribution < 1.29 is 22.8 Å². The normalized spacial score (nSPS) is 19.3. The van der Waals surface area contributed by atoms with E-state index in [-0.39, 0.29) is 23.3 Å². The van der Waals surface area contributed by atoms with E-state index in [4.69, 9.17) is 5.73 Å². The van der Waals surface area contributed by atoms with Crippen LogP contribution >= 0.6 is 0 Å². The number of hydrogen-bond donors (Lipinski definition) is 2. The van der Waals surface area contributed by atoms with Crippen LogP contribution in [0.25, 0.3) is 0 Å². The van der Waals surface area contributed by atoms with E-state index < -0.39 is 17.6 Å². The van der Waals surface area contributed by atoms with Crippen LogP contribution in [-0.2, 0) is 11.0 Å². The lowest BCUT2D eigenvalue weighted by Crippen LogP contribution is -2.16. The predicted molar refractivity (Wildman–Crippen MR) is 85.9 cm³/mol. The Morgan fingerprint density at radius 1 is 1.08 bits per heavy atom. The van der Waals surface area contributed by atoms with Crippen molar-refractivity contribution in [1.29, 1.82) is 0 Å². The second-order valence-electron chi connectivity index (χ2n) is 6.00. The van der Waals surface area contributed by atoms with Gasteiger partial charge in [0.2, 0.25) is 11.8 Å². The van der Waals surface area contributed by atoms with Gasteiger partial charge in [-0.15, -0.1) is 0 Å². The van der Waals surface area contributed by atoms with Crippen molar-refractivity contribution >= 4 is 17.5 Å². The van der Waals surface area contributed by atoms with Crippen LogP contribution in [-0.4, -0.2) is 11.8 Å². The van der Waals surface area contributed by atoms with Gasteiger partial charge in [0.15, 0.2) is 0 Å². The molecule has 0 bridgehead atoms. The molecule has 1 aliphatic carbocycles. The molecule has 0 aromatic heterocycles. The van der Waals surface area contributed by atoms with Gasteiger partial charge in [-0.1, -0.05) is 18.2 Å². The topological polar surface area (TPSA) is 72.2 Å². The number of amides is 2. The van der Waals surface area contributed by atoms with E-state index in [0.717, 1.165) is 12.1 Å². The largest absolute Gasteiger partial charge is 0.416 e. The van der Waals surface area contributed by atoms with E-state index in [1.807, 2.05) is 0 Å². The van der Waals surface area contributed by atoms with Crippen molar-refractivity contribution in [2.45, 2.75) is 18.5 Å². The molecule has 0 heterocycles. The molecule has 2 aromatic carbocycles. The number of alkyl halides is 3. The zero-order chi connectivity index (χ0) is 18.2. The molecule has 7 heteroatoms. The van der Waals surface area contributed by atoms with Gasteiger partial charge in [-0.2, -0.15) is 13.2 Å². The molecular weight excluding hydrogens is 333 g/mol. The maximum absolute atomic E-state index is 12.6. The fourth-order valence-electron chi connectivity index (χ4n) is 2.76. The van der Waals surface area contributed by atoms with Crippen molar-refractivity contribution in [3.05, 3.63) is 65.2 Å². The monoisotopic (exact) mass is 348 g/mol. The van der Waals surface area contributed by atoms with Gasteiger partial charge >= 0.3 is 6.18 Å². The summed E-state index contributed by atoms with van der Waals surface area (Å²) in [4.78, 5) is 23.4. The lowest BCUT2D eigenvalue weighted by Gasteiger charge is -2.08. The molecule has 1 fully saturated rings. The summed E-state index contributed by atoms with van der Waals surface area (Å²) in [5.74, 6) is -1.22. The van der Waals surface area contributed by atoms with Crippen LogP contribution in [0.2, 0.25) is 0 Å². The van der Waals surface area contributed by atoms with Gasteiger partial charge in [0, 0.05) is 17.2 Å². The summed E-state index contributed by atoms with van der Waals surface area (Å²) < 4.78 is 37.7. The maximum Gasteiger partial charge on any atom is 0.416 e. The van der Waals surface area contributed by atoms with Gasteiger partial charge in [-0.25, -0.2) is 0 Å². The number of hydrogen-bond acceptors (Lipinski definition) is 2. The van der Waals surface area contributed by atoms with Crippen LogP contribution in [0, 0.1) is 5.92 Å². The first-order valence-electron chi connectivity index (χ1n) is 7.63. The first-order chi connectivity index (χ1) is 11.8. The molecule has 1 saturated carbocycles. The third kappa shape index (κ3) is 3.81. The highest BCUT2D eigenvalue weighted by Crippen LogP contribution is 2.48. The number of nitrogens with two attached hydrogens (primary N) is 1. The Morgan fingerprint density at radius 3 is 2.36 bits per heavy atom. The van der Waals surface area contributed by atoms with Gasteiger partial charge in [0.25, 0.3) is 0 Å². The first kappa shape index (κ1) is 17.0. The fourth-order valence-corrected chi connectivity index (χ4v) is 2.76. The standard InChI is InChI=1S/C18H15F3N2O2/c19-18(20,21)12-6-4-10(5-7-12)14-9-15(14)17(25)23-13-3-1-2-11(8-13)16(22)24/h1-8,14-15H,9H2,(H2,22,24)(H,23,25). The molecule has 25 heavy (non-hydrogen) atoms. The molecule has 2 atom stereocenters. The van der Waals surface area contributed by atoms with Gasteiger partial charge in [-0.05, 0) is 48.2 Å². The molecule has 0 radical (unpaired) electrons. The van der Waals surface area contributed by atoms with Crippen molar-refractivity contribution in [2.24, 2.45) is 11.7 Å². The molecule has 130 valence electrons. The van der Waals surface area contributed by atoms with Crippen LogP contribution in [0.3, 0.4) is 0 Å². The van der Waals surface area contributed by atoms with Gasteiger partial charge in [-0.3, -0.25) is 9.59 Å². The minimum Gasteiger partial charge on any atom is -0.366 e. The highest BCUT2D eigenvalue weighted by Gasteiger charge is 2.44. The maximum atomic E-state index is 12.6. The van der Waals surface area contributed by atoms with Crippen LogP contribution in [0.4, 0.5) is 18.9 Å². The van der Waals surface area contributed by atoms with E-state index in [9.17, 15) is 22.8 Å². The lowest BCUT2D eigenvalue weighted by molar-refractivity contribution is -0.137. The fraction of sp³-hybridized carbons (Fsp3) is 0.222. The molecule has 4 nitrogen and oxygen atoms in total. The Bertz CT molecular complexity index is 816. The minimum absolute atomic E-state index is 0.0957. The highest BCUT2D eigenvalue weighted by molar-refractivity contribution is 5.98. The Morgan fingerprint density at radius 2 is 1.76 bits per heavy atom.